The van der Waals surface area contributed by atoms with Crippen LogP contribution in [-0.4, -0.2) is 34.9 Å². The molecule has 0 aromatic carbocycles. The van der Waals surface area contributed by atoms with Gasteiger partial charge in [-0.25, -0.2) is 0 Å². The Bertz CT molecular complexity index is 149. The van der Waals surface area contributed by atoms with E-state index in [0.29, 0.717) is 6.61 Å². The molecule has 0 unspecified atom stereocenters. The molecule has 0 heterocycles. The van der Waals surface area contributed by atoms with Crippen molar-refractivity contribution >= 4 is 11.9 Å². The van der Waals surface area contributed by atoms with Crippen molar-refractivity contribution in [3.63, 3.8) is 0 Å². The van der Waals surface area contributed by atoms with E-state index in [2.05, 4.69) is 0 Å². The zero-order valence-electron chi connectivity index (χ0n) is 6.82. The summed E-state index contributed by atoms with van der Waals surface area (Å²) in [7, 11) is 0. The predicted octanol–water partition coefficient (Wildman–Crippen LogP) is 0.341. The van der Waals surface area contributed by atoms with Gasteiger partial charge in [-0.15, -0.1) is 0 Å². The monoisotopic (exact) mass is 176 g/mol. The Balaban J connectivity index is 3.85. The Morgan fingerprint density at radius 3 is 1.92 bits per heavy atom. The number of aliphatic carboxylic acids is 2. The van der Waals surface area contributed by atoms with Crippen molar-refractivity contribution in [1.29, 1.82) is 0 Å². The number of carboxylic acids is 2. The van der Waals surface area contributed by atoms with E-state index in [1.807, 2.05) is 0 Å². The van der Waals surface area contributed by atoms with Crippen molar-refractivity contribution in [2.45, 2.75) is 25.9 Å². The number of carboxylic acid groups (broad SMARTS) is 2. The second kappa shape index (κ2) is 5.54. The maximum absolute atomic E-state index is 10.2. The Morgan fingerprint density at radius 1 is 1.25 bits per heavy atom. The first-order chi connectivity index (χ1) is 5.56. The van der Waals surface area contributed by atoms with E-state index in [0.717, 1.165) is 0 Å². The fourth-order valence-corrected chi connectivity index (χ4v) is 0.815. The van der Waals surface area contributed by atoms with Crippen LogP contribution >= 0.6 is 0 Å². The molecule has 0 amide bonds. The van der Waals surface area contributed by atoms with Gasteiger partial charge in [0, 0.05) is 6.61 Å². The highest BCUT2D eigenvalue weighted by molar-refractivity contribution is 5.71. The van der Waals surface area contributed by atoms with Crippen LogP contribution in [0.4, 0.5) is 0 Å². The molecular weight excluding hydrogens is 164 g/mol. The molecule has 12 heavy (non-hydrogen) atoms. The Labute approximate surface area is 70.0 Å². The minimum Gasteiger partial charge on any atom is -0.481 e. The lowest BCUT2D eigenvalue weighted by molar-refractivity contribution is -0.144. The maximum atomic E-state index is 10.2. The SMILES string of the molecule is CCOC(CC(=O)O)CC(=O)O. The predicted molar refractivity (Wildman–Crippen MR) is 39.9 cm³/mol. The van der Waals surface area contributed by atoms with Gasteiger partial charge in [0.25, 0.3) is 0 Å². The van der Waals surface area contributed by atoms with Crippen LogP contribution in [0, 0.1) is 0 Å². The minimum absolute atomic E-state index is 0.264. The average Bonchev–Trinajstić information content (AvgIpc) is 1.84. The van der Waals surface area contributed by atoms with Crippen LogP contribution in [0.5, 0.6) is 0 Å². The molecule has 0 aliphatic carbocycles. The van der Waals surface area contributed by atoms with Crippen LogP contribution in [-0.2, 0) is 14.3 Å². The molecule has 0 aromatic rings. The van der Waals surface area contributed by atoms with Gasteiger partial charge in [0.05, 0.1) is 18.9 Å². The molecule has 0 aliphatic heterocycles. The number of hydrogen-bond acceptors (Lipinski definition) is 3. The summed E-state index contributed by atoms with van der Waals surface area (Å²) in [5, 5.41) is 16.7. The molecule has 0 saturated carbocycles. The number of carbonyl (C=O) groups is 2. The van der Waals surface area contributed by atoms with E-state index in [9.17, 15) is 9.59 Å². The number of hydrogen-bond donors (Lipinski definition) is 2. The van der Waals surface area contributed by atoms with Crippen molar-refractivity contribution < 1.29 is 24.5 Å². The fraction of sp³-hybridized carbons (Fsp3) is 0.714. The average molecular weight is 176 g/mol. The Hall–Kier alpha value is -1.10. The van der Waals surface area contributed by atoms with Crippen LogP contribution in [0.1, 0.15) is 19.8 Å². The molecule has 0 aromatic heterocycles. The number of rotatable bonds is 6. The largest absolute Gasteiger partial charge is 0.481 e. The van der Waals surface area contributed by atoms with Crippen LogP contribution in [0.2, 0.25) is 0 Å². The highest BCUT2D eigenvalue weighted by Crippen LogP contribution is 2.03. The van der Waals surface area contributed by atoms with Gasteiger partial charge in [0.2, 0.25) is 0 Å². The van der Waals surface area contributed by atoms with Gasteiger partial charge in [-0.3, -0.25) is 9.59 Å². The lowest BCUT2D eigenvalue weighted by atomic mass is 10.2. The third-order valence-electron chi connectivity index (χ3n) is 1.21. The van der Waals surface area contributed by atoms with E-state index in [4.69, 9.17) is 14.9 Å². The minimum atomic E-state index is -1.05. The van der Waals surface area contributed by atoms with Gasteiger partial charge in [0.15, 0.2) is 0 Å². The highest BCUT2D eigenvalue weighted by atomic mass is 16.5. The Kier molecular flexibility index (Phi) is 5.03. The lowest BCUT2D eigenvalue weighted by Gasteiger charge is -2.11. The molecular formula is C7H12O5. The summed E-state index contributed by atoms with van der Waals surface area (Å²) >= 11 is 0. The molecule has 0 fully saturated rings. The van der Waals surface area contributed by atoms with Gasteiger partial charge in [-0.2, -0.15) is 0 Å². The molecule has 2 N–H and O–H groups in total. The van der Waals surface area contributed by atoms with Crippen molar-refractivity contribution in [2.75, 3.05) is 6.61 Å². The summed E-state index contributed by atoms with van der Waals surface area (Å²) < 4.78 is 4.90. The molecule has 0 radical (unpaired) electrons. The van der Waals surface area contributed by atoms with Crippen molar-refractivity contribution in [1.82, 2.24) is 0 Å². The van der Waals surface area contributed by atoms with Crippen LogP contribution in [0.3, 0.4) is 0 Å². The summed E-state index contributed by atoms with van der Waals surface area (Å²) in [6, 6.07) is 0. The first kappa shape index (κ1) is 10.9. The van der Waals surface area contributed by atoms with E-state index in [1.54, 1.807) is 6.92 Å². The molecule has 5 heteroatoms. The normalized spacial score (nSPS) is 10.2. The first-order valence-corrected chi connectivity index (χ1v) is 3.61. The van der Waals surface area contributed by atoms with E-state index < -0.39 is 18.0 Å². The maximum Gasteiger partial charge on any atom is 0.305 e. The van der Waals surface area contributed by atoms with Gasteiger partial charge in [-0.1, -0.05) is 0 Å². The summed E-state index contributed by atoms with van der Waals surface area (Å²) in [5.41, 5.74) is 0. The smallest absolute Gasteiger partial charge is 0.305 e. The van der Waals surface area contributed by atoms with Crippen LogP contribution < -0.4 is 0 Å². The van der Waals surface area contributed by atoms with Crippen LogP contribution in [0.25, 0.3) is 0 Å². The summed E-state index contributed by atoms with van der Waals surface area (Å²) in [6.07, 6.45) is -1.25. The van der Waals surface area contributed by atoms with Crippen LogP contribution in [0.15, 0.2) is 0 Å². The van der Waals surface area contributed by atoms with Gasteiger partial charge < -0.3 is 14.9 Å². The van der Waals surface area contributed by atoms with E-state index >= 15 is 0 Å². The second-order valence-electron chi connectivity index (χ2n) is 2.27. The zero-order valence-corrected chi connectivity index (χ0v) is 6.82. The van der Waals surface area contributed by atoms with Crippen molar-refractivity contribution in [3.8, 4) is 0 Å². The van der Waals surface area contributed by atoms with Crippen molar-refractivity contribution in [2.24, 2.45) is 0 Å². The summed E-state index contributed by atoms with van der Waals surface area (Å²) in [5.74, 6) is -2.09. The quantitative estimate of drug-likeness (QED) is 0.609. The van der Waals surface area contributed by atoms with Crippen molar-refractivity contribution in [3.05, 3.63) is 0 Å². The lowest BCUT2D eigenvalue weighted by Crippen LogP contribution is -2.21. The highest BCUT2D eigenvalue weighted by Gasteiger charge is 2.16. The molecule has 0 aliphatic rings. The molecule has 0 rings (SSSR count). The molecule has 0 saturated heterocycles. The summed E-state index contributed by atoms with van der Waals surface area (Å²) in [4.78, 5) is 20.4. The van der Waals surface area contributed by atoms with Gasteiger partial charge >= 0.3 is 11.9 Å². The topological polar surface area (TPSA) is 83.8 Å². The third-order valence-corrected chi connectivity index (χ3v) is 1.21. The zero-order chi connectivity index (χ0) is 9.56. The Morgan fingerprint density at radius 2 is 1.67 bits per heavy atom. The van der Waals surface area contributed by atoms with E-state index in [-0.39, 0.29) is 12.8 Å². The molecule has 70 valence electrons. The number of ether oxygens (including phenoxy) is 1. The molecule has 0 bridgehead atoms. The van der Waals surface area contributed by atoms with E-state index in [1.165, 1.54) is 0 Å². The molecule has 0 atom stereocenters. The third kappa shape index (κ3) is 5.67. The molecule has 5 nitrogen and oxygen atoms in total. The van der Waals surface area contributed by atoms with Gasteiger partial charge in [0.1, 0.15) is 0 Å². The fourth-order valence-electron chi connectivity index (χ4n) is 0.815. The standard InChI is InChI=1S/C7H12O5/c1-2-12-5(3-6(8)9)4-7(10)11/h5H,2-4H2,1H3,(H,8,9)(H,10,11). The first-order valence-electron chi connectivity index (χ1n) is 3.61. The van der Waals surface area contributed by atoms with Gasteiger partial charge in [-0.05, 0) is 6.92 Å². The second-order valence-corrected chi connectivity index (χ2v) is 2.27. The molecule has 0 spiro atoms. The summed E-state index contributed by atoms with van der Waals surface area (Å²) in [6.45, 7) is 2.02.